The van der Waals surface area contributed by atoms with Crippen molar-refractivity contribution in [2.45, 2.75) is 95.4 Å². The van der Waals surface area contributed by atoms with Gasteiger partial charge in [0.05, 0.1) is 19.3 Å². The smallest absolute Gasteiger partial charge is 0.258 e. The number of hydrogen-bond acceptors (Lipinski definition) is 6. The average molecular weight is 459 g/mol. The number of ether oxygens (including phenoxy) is 1. The molecule has 184 valence electrons. The predicted octanol–water partition coefficient (Wildman–Crippen LogP) is 2.13. The normalized spacial score (nSPS) is 30.5. The molecule has 5 atom stereocenters. The zero-order chi connectivity index (χ0) is 22.8. The number of rotatable bonds is 10. The fourth-order valence-electron chi connectivity index (χ4n) is 6.69. The number of carbonyl (C=O) groups is 1. The van der Waals surface area contributed by atoms with Gasteiger partial charge in [-0.25, -0.2) is 4.68 Å². The van der Waals surface area contributed by atoms with Gasteiger partial charge in [0.25, 0.3) is 5.91 Å². The third kappa shape index (κ3) is 4.93. The van der Waals surface area contributed by atoms with Gasteiger partial charge >= 0.3 is 0 Å². The SMILES string of the molecule is CC(CN)NCCn1ncc(C(=O)NC2C3CC4CCCC2N4C3)c1OCC1CCCCC1. The van der Waals surface area contributed by atoms with Crippen LogP contribution in [0.2, 0.25) is 0 Å². The molecule has 4 N–H and O–H groups in total. The van der Waals surface area contributed by atoms with E-state index in [1.807, 2.05) is 4.68 Å². The minimum atomic E-state index is -0.0240. The van der Waals surface area contributed by atoms with Crippen LogP contribution in [0.25, 0.3) is 0 Å². The second kappa shape index (κ2) is 10.3. The Labute approximate surface area is 198 Å². The van der Waals surface area contributed by atoms with E-state index in [1.165, 1.54) is 57.8 Å². The number of nitrogens with one attached hydrogen (secondary N) is 2. The number of aromatic nitrogens is 2. The van der Waals surface area contributed by atoms with Crippen LogP contribution in [0.5, 0.6) is 5.88 Å². The molecule has 5 rings (SSSR count). The molecule has 2 bridgehead atoms. The lowest BCUT2D eigenvalue weighted by molar-refractivity contribution is 0.0782. The quantitative estimate of drug-likeness (QED) is 0.497. The molecule has 4 aliphatic rings. The van der Waals surface area contributed by atoms with Gasteiger partial charge in [-0.3, -0.25) is 9.69 Å². The molecule has 1 aliphatic carbocycles. The highest BCUT2D eigenvalue weighted by atomic mass is 16.5. The molecule has 1 amide bonds. The Morgan fingerprint density at radius 1 is 1.24 bits per heavy atom. The molecule has 0 aromatic carbocycles. The fourth-order valence-corrected chi connectivity index (χ4v) is 6.69. The van der Waals surface area contributed by atoms with Crippen molar-refractivity contribution in [3.63, 3.8) is 0 Å². The van der Waals surface area contributed by atoms with Gasteiger partial charge in [-0.05, 0) is 50.9 Å². The largest absolute Gasteiger partial charge is 0.477 e. The molecule has 0 radical (unpaired) electrons. The topological polar surface area (TPSA) is 97.4 Å². The van der Waals surface area contributed by atoms with Crippen LogP contribution in [-0.4, -0.2) is 71.0 Å². The minimum absolute atomic E-state index is 0.0240. The van der Waals surface area contributed by atoms with Crippen molar-refractivity contribution in [3.8, 4) is 5.88 Å². The van der Waals surface area contributed by atoms with Crippen molar-refractivity contribution in [2.75, 3.05) is 26.2 Å². The third-order valence-electron chi connectivity index (χ3n) is 8.56. The average Bonchev–Trinajstić information content (AvgIpc) is 3.53. The summed E-state index contributed by atoms with van der Waals surface area (Å²) in [7, 11) is 0. The van der Waals surface area contributed by atoms with Gasteiger partial charge in [-0.2, -0.15) is 5.10 Å². The maximum Gasteiger partial charge on any atom is 0.258 e. The Bertz CT molecular complexity index is 805. The first-order valence-electron chi connectivity index (χ1n) is 13.3. The molecule has 4 fully saturated rings. The zero-order valence-corrected chi connectivity index (χ0v) is 20.2. The van der Waals surface area contributed by atoms with E-state index in [0.717, 1.165) is 19.1 Å². The van der Waals surface area contributed by atoms with Gasteiger partial charge < -0.3 is 21.1 Å². The number of piperidine rings is 2. The maximum atomic E-state index is 13.5. The Balaban J connectivity index is 1.27. The van der Waals surface area contributed by atoms with Crippen LogP contribution in [0.4, 0.5) is 0 Å². The molecule has 8 heteroatoms. The Kier molecular flexibility index (Phi) is 7.23. The van der Waals surface area contributed by atoms with E-state index in [0.29, 0.717) is 49.0 Å². The first-order chi connectivity index (χ1) is 16.1. The van der Waals surface area contributed by atoms with E-state index in [-0.39, 0.29) is 18.0 Å². The zero-order valence-electron chi connectivity index (χ0n) is 20.2. The third-order valence-corrected chi connectivity index (χ3v) is 8.56. The van der Waals surface area contributed by atoms with Gasteiger partial charge in [0.15, 0.2) is 0 Å². The van der Waals surface area contributed by atoms with Crippen LogP contribution >= 0.6 is 0 Å². The summed E-state index contributed by atoms with van der Waals surface area (Å²) in [6, 6.07) is 1.77. The van der Waals surface area contributed by atoms with Crippen molar-refractivity contribution < 1.29 is 9.53 Å². The second-order valence-corrected chi connectivity index (χ2v) is 10.8. The molecule has 1 aromatic rings. The molecular weight excluding hydrogens is 416 g/mol. The summed E-state index contributed by atoms with van der Waals surface area (Å²) < 4.78 is 8.19. The molecule has 3 aliphatic heterocycles. The Hall–Kier alpha value is -1.64. The lowest BCUT2D eigenvalue weighted by atomic mass is 9.82. The monoisotopic (exact) mass is 458 g/mol. The Morgan fingerprint density at radius 2 is 2.09 bits per heavy atom. The number of amides is 1. The number of hydrogen-bond donors (Lipinski definition) is 3. The second-order valence-electron chi connectivity index (χ2n) is 10.8. The predicted molar refractivity (Wildman–Crippen MR) is 128 cm³/mol. The lowest BCUT2D eigenvalue weighted by Gasteiger charge is -2.42. The first-order valence-corrected chi connectivity index (χ1v) is 13.3. The van der Waals surface area contributed by atoms with Crippen molar-refractivity contribution in [1.29, 1.82) is 0 Å². The van der Waals surface area contributed by atoms with E-state index in [1.54, 1.807) is 6.20 Å². The van der Waals surface area contributed by atoms with E-state index in [4.69, 9.17) is 10.5 Å². The minimum Gasteiger partial charge on any atom is -0.477 e. The van der Waals surface area contributed by atoms with Crippen molar-refractivity contribution in [2.24, 2.45) is 17.6 Å². The number of fused-ring (bicyclic) bond motifs is 1. The number of nitrogens with two attached hydrogens (primary N) is 1. The summed E-state index contributed by atoms with van der Waals surface area (Å²) in [5.74, 6) is 1.77. The molecule has 8 nitrogen and oxygen atoms in total. The van der Waals surface area contributed by atoms with Gasteiger partial charge in [-0.1, -0.05) is 25.7 Å². The van der Waals surface area contributed by atoms with Crippen LogP contribution in [0, 0.1) is 11.8 Å². The lowest BCUT2D eigenvalue weighted by Crippen LogP contribution is -2.54. The van der Waals surface area contributed by atoms with E-state index in [9.17, 15) is 4.79 Å². The summed E-state index contributed by atoms with van der Waals surface area (Å²) in [5, 5.41) is 11.4. The molecular formula is C25H42N6O2. The van der Waals surface area contributed by atoms with Gasteiger partial charge in [-0.15, -0.1) is 0 Å². The van der Waals surface area contributed by atoms with E-state index >= 15 is 0 Å². The van der Waals surface area contributed by atoms with Gasteiger partial charge in [0.2, 0.25) is 5.88 Å². The van der Waals surface area contributed by atoms with Gasteiger partial charge in [0.1, 0.15) is 5.56 Å². The summed E-state index contributed by atoms with van der Waals surface area (Å²) in [4.78, 5) is 16.1. The summed E-state index contributed by atoms with van der Waals surface area (Å²) in [6.07, 6.45) is 13.1. The van der Waals surface area contributed by atoms with Crippen molar-refractivity contribution in [1.82, 2.24) is 25.3 Å². The number of carbonyl (C=O) groups excluding carboxylic acids is 1. The molecule has 5 unspecified atom stereocenters. The fraction of sp³-hybridized carbons (Fsp3) is 0.840. The maximum absolute atomic E-state index is 13.5. The van der Waals surface area contributed by atoms with Crippen molar-refractivity contribution in [3.05, 3.63) is 11.8 Å². The van der Waals surface area contributed by atoms with E-state index < -0.39 is 0 Å². The molecule has 33 heavy (non-hydrogen) atoms. The van der Waals surface area contributed by atoms with Crippen LogP contribution < -0.4 is 21.1 Å². The summed E-state index contributed by atoms with van der Waals surface area (Å²) in [5.41, 5.74) is 6.31. The molecule has 3 saturated heterocycles. The highest BCUT2D eigenvalue weighted by molar-refractivity contribution is 5.96. The molecule has 1 aromatic heterocycles. The van der Waals surface area contributed by atoms with Crippen LogP contribution in [-0.2, 0) is 6.54 Å². The van der Waals surface area contributed by atoms with Crippen molar-refractivity contribution >= 4 is 5.91 Å². The Morgan fingerprint density at radius 3 is 2.91 bits per heavy atom. The van der Waals surface area contributed by atoms with Crippen LogP contribution in [0.1, 0.15) is 75.1 Å². The highest BCUT2D eigenvalue weighted by Gasteiger charge is 2.52. The standard InChI is InChI=1S/C25H42N6O2/c1-17(13-26)27-10-11-31-25(33-16-18-6-3-2-4-7-18)21(14-28-31)24(32)29-23-19-12-20-8-5-9-22(23)30(20)15-19/h14,17-20,22-23,27H,2-13,15-16,26H2,1H3,(H,29,32). The number of nitrogens with zero attached hydrogens (tertiary/aromatic N) is 3. The summed E-state index contributed by atoms with van der Waals surface area (Å²) >= 11 is 0. The molecule has 1 saturated carbocycles. The molecule has 0 spiro atoms. The van der Waals surface area contributed by atoms with Crippen LogP contribution in [0.15, 0.2) is 6.20 Å². The van der Waals surface area contributed by atoms with Gasteiger partial charge in [0, 0.05) is 43.8 Å². The van der Waals surface area contributed by atoms with Crippen LogP contribution in [0.3, 0.4) is 0 Å². The molecule has 4 heterocycles. The first kappa shape index (κ1) is 23.1. The highest BCUT2D eigenvalue weighted by Crippen LogP contribution is 2.44. The van der Waals surface area contributed by atoms with E-state index in [2.05, 4.69) is 27.6 Å². The summed E-state index contributed by atoms with van der Waals surface area (Å²) in [6.45, 7) is 5.88.